The zero-order valence-corrected chi connectivity index (χ0v) is 25.0. The number of carbonyl (C=O) groups is 3. The number of imidazole rings is 1. The smallest absolute Gasteiger partial charge is 0.308 e. The summed E-state index contributed by atoms with van der Waals surface area (Å²) in [7, 11) is 0. The zero-order chi connectivity index (χ0) is 32.2. The van der Waals surface area contributed by atoms with E-state index in [0.717, 1.165) is 21.9 Å². The van der Waals surface area contributed by atoms with Crippen molar-refractivity contribution < 1.29 is 25.6 Å². The van der Waals surface area contributed by atoms with Crippen LogP contribution in [0.4, 0.5) is 0 Å². The number of nitrogens with zero attached hydrogens (tertiary/aromatic N) is 1. The van der Waals surface area contributed by atoms with Gasteiger partial charge in [0.25, 0.3) is 0 Å². The van der Waals surface area contributed by atoms with E-state index in [-0.39, 0.29) is 31.8 Å². The van der Waals surface area contributed by atoms with E-state index in [9.17, 15) is 19.5 Å². The minimum Gasteiger partial charge on any atom is -0.461 e. The van der Waals surface area contributed by atoms with E-state index in [4.69, 9.17) is 6.15 Å². The molecule has 1 heterocycles. The molecule has 4 rings (SSSR count). The number of rotatable bonds is 16. The summed E-state index contributed by atoms with van der Waals surface area (Å²) in [6.45, 7) is 3.97. The number of aliphatic hydroxyl groups is 1. The first-order valence-electron chi connectivity index (χ1n) is 15.3. The van der Waals surface area contributed by atoms with Crippen LogP contribution in [0.3, 0.4) is 0 Å². The van der Waals surface area contributed by atoms with Crippen molar-refractivity contribution in [2.24, 2.45) is 11.6 Å². The molecule has 4 atom stereocenters. The summed E-state index contributed by atoms with van der Waals surface area (Å²) >= 11 is 0. The van der Waals surface area contributed by atoms with E-state index in [0.29, 0.717) is 12.1 Å². The molecule has 0 fully saturated rings. The Hall–Kier alpha value is -4.54. The quantitative estimate of drug-likeness (QED) is 0.124. The van der Waals surface area contributed by atoms with Gasteiger partial charge in [-0.25, -0.2) is 4.98 Å². The molecular weight excluding hydrogens is 558 g/mol. The molecule has 4 aromatic rings. The van der Waals surface area contributed by atoms with E-state index in [1.165, 1.54) is 6.33 Å². The number of aromatic nitrogens is 2. The molecule has 0 aliphatic carbocycles. The SMILES string of the molecule is [2H]N[C@H](Cc1cccc2ccccc12)C(=O)N[C@@H](Cc1cnc[nH]1)C(=O)N[C@@H](CC(C)C)[C@@H](O)CC(=O)OCc1ccccc1. The normalized spacial score (nSPS) is 14.3. The van der Waals surface area contributed by atoms with Crippen LogP contribution in [-0.2, 0) is 38.6 Å². The van der Waals surface area contributed by atoms with Gasteiger partial charge in [0.1, 0.15) is 14.1 Å². The molecule has 1 aromatic heterocycles. The topological polar surface area (TPSA) is 159 Å². The highest BCUT2D eigenvalue weighted by Crippen LogP contribution is 2.20. The summed E-state index contributed by atoms with van der Waals surface area (Å²) in [5.41, 5.74) is 4.67. The van der Waals surface area contributed by atoms with Crippen LogP contribution >= 0.6 is 0 Å². The maximum absolute atomic E-state index is 13.7. The molecule has 2 amide bonds. The van der Waals surface area contributed by atoms with Crippen molar-refractivity contribution in [2.75, 3.05) is 0 Å². The number of aliphatic hydroxyl groups excluding tert-OH is 1. The fourth-order valence-corrected chi connectivity index (χ4v) is 5.09. The molecule has 10 nitrogen and oxygen atoms in total. The molecule has 0 unspecified atom stereocenters. The van der Waals surface area contributed by atoms with Crippen LogP contribution in [0, 0.1) is 5.92 Å². The number of nitrogens with one attached hydrogen (secondary N) is 3. The van der Waals surface area contributed by atoms with E-state index < -0.39 is 42.0 Å². The zero-order valence-electron chi connectivity index (χ0n) is 26.0. The Labute approximate surface area is 258 Å². The van der Waals surface area contributed by atoms with Crippen molar-refractivity contribution in [3.63, 3.8) is 0 Å². The lowest BCUT2D eigenvalue weighted by molar-refractivity contribution is -0.148. The van der Waals surface area contributed by atoms with Gasteiger partial charge in [-0.2, -0.15) is 0 Å². The summed E-state index contributed by atoms with van der Waals surface area (Å²) in [6, 6.07) is 20.1. The van der Waals surface area contributed by atoms with Crippen LogP contribution in [-0.4, -0.2) is 57.1 Å². The number of nitrogens with two attached hydrogens (primary N) is 1. The standard InChI is InChI=1S/C34H41N5O5/c1-22(2)15-29(31(40)18-32(41)44-20-23-9-4-3-5-10-23)38-34(43)30(17-26-19-36-21-37-26)39-33(42)28(35)16-25-13-8-12-24-11-6-7-14-27(24)25/h3-14,19,21-22,28-31,40H,15-18,20,35H2,1-2H3,(H,36,37)(H,38,43)(H,39,42)/t28-,29+,30+,31+/m1/s1/i/hD. The van der Waals surface area contributed by atoms with Gasteiger partial charge in [0.2, 0.25) is 11.8 Å². The Balaban J connectivity index is 1.44. The van der Waals surface area contributed by atoms with Gasteiger partial charge in [-0.3, -0.25) is 14.4 Å². The van der Waals surface area contributed by atoms with Gasteiger partial charge in [-0.05, 0) is 40.7 Å². The summed E-state index contributed by atoms with van der Waals surface area (Å²) in [6.07, 6.45) is 2.24. The number of H-pyrrole nitrogens is 1. The second-order valence-electron chi connectivity index (χ2n) is 11.4. The molecule has 232 valence electrons. The third-order valence-electron chi connectivity index (χ3n) is 7.37. The first-order valence-corrected chi connectivity index (χ1v) is 14.8. The molecule has 6 N–H and O–H groups in total. The minimum atomic E-state index is -1.21. The van der Waals surface area contributed by atoms with Crippen LogP contribution in [0.25, 0.3) is 10.8 Å². The maximum atomic E-state index is 13.7. The largest absolute Gasteiger partial charge is 0.461 e. The molecule has 0 spiro atoms. The maximum Gasteiger partial charge on any atom is 0.308 e. The molecular formula is C34H41N5O5. The number of aromatic amines is 1. The van der Waals surface area contributed by atoms with Gasteiger partial charge in [0, 0.05) is 18.3 Å². The fraction of sp³-hybridized carbons (Fsp3) is 0.353. The first kappa shape index (κ1) is 30.9. The molecule has 0 saturated carbocycles. The highest BCUT2D eigenvalue weighted by Gasteiger charge is 2.30. The average molecular weight is 601 g/mol. The molecule has 10 heteroatoms. The number of hydrogen-bond acceptors (Lipinski definition) is 7. The minimum absolute atomic E-state index is 0.0792. The number of carbonyl (C=O) groups excluding carboxylic acids is 3. The van der Waals surface area contributed by atoms with Crippen molar-refractivity contribution >= 4 is 28.6 Å². The lowest BCUT2D eigenvalue weighted by Gasteiger charge is -2.28. The lowest BCUT2D eigenvalue weighted by Crippen LogP contribution is -2.56. The van der Waals surface area contributed by atoms with Crippen molar-refractivity contribution in [1.82, 2.24) is 20.6 Å². The number of esters is 1. The third kappa shape index (κ3) is 9.48. The van der Waals surface area contributed by atoms with Crippen molar-refractivity contribution in [1.29, 1.82) is 0 Å². The lowest BCUT2D eigenvalue weighted by atomic mass is 9.96. The molecule has 0 aliphatic rings. The number of benzene rings is 3. The van der Waals surface area contributed by atoms with E-state index in [1.54, 1.807) is 6.20 Å². The molecule has 0 saturated heterocycles. The summed E-state index contributed by atoms with van der Waals surface area (Å²) in [5.74, 6) is -1.56. The molecule has 3 aromatic carbocycles. The number of fused-ring (bicyclic) bond motifs is 1. The number of hydrogen-bond donors (Lipinski definition) is 5. The second-order valence-corrected chi connectivity index (χ2v) is 11.4. The summed E-state index contributed by atoms with van der Waals surface area (Å²) in [4.78, 5) is 46.7. The Morgan fingerprint density at radius 3 is 2.45 bits per heavy atom. The average Bonchev–Trinajstić information content (AvgIpc) is 3.55. The van der Waals surface area contributed by atoms with Crippen molar-refractivity contribution in [2.45, 2.75) is 70.4 Å². The fourth-order valence-electron chi connectivity index (χ4n) is 5.09. The van der Waals surface area contributed by atoms with Gasteiger partial charge < -0.3 is 31.2 Å². The summed E-state index contributed by atoms with van der Waals surface area (Å²) in [5, 5.41) is 18.7. The number of amides is 2. The van der Waals surface area contributed by atoms with Gasteiger partial charge in [-0.15, -0.1) is 0 Å². The number of ether oxygens (including phenoxy) is 1. The van der Waals surface area contributed by atoms with E-state index >= 15 is 0 Å². The highest BCUT2D eigenvalue weighted by molar-refractivity contribution is 5.91. The van der Waals surface area contributed by atoms with Crippen LogP contribution in [0.5, 0.6) is 0 Å². The predicted octanol–water partition coefficient (Wildman–Crippen LogP) is 3.19. The van der Waals surface area contributed by atoms with Gasteiger partial charge >= 0.3 is 5.97 Å². The van der Waals surface area contributed by atoms with Gasteiger partial charge in [0.15, 0.2) is 0 Å². The summed E-state index contributed by atoms with van der Waals surface area (Å²) < 4.78 is 13.2. The van der Waals surface area contributed by atoms with Crippen LogP contribution in [0.15, 0.2) is 85.3 Å². The van der Waals surface area contributed by atoms with E-state index in [1.807, 2.05) is 86.6 Å². The van der Waals surface area contributed by atoms with Crippen molar-refractivity contribution in [3.05, 3.63) is 102 Å². The molecule has 0 radical (unpaired) electrons. The van der Waals surface area contributed by atoms with E-state index in [2.05, 4.69) is 26.3 Å². The Bertz CT molecular complexity index is 1530. The monoisotopic (exact) mass is 600 g/mol. The Morgan fingerprint density at radius 1 is 0.977 bits per heavy atom. The Morgan fingerprint density at radius 2 is 1.73 bits per heavy atom. The van der Waals surface area contributed by atoms with Crippen molar-refractivity contribution in [3.8, 4) is 0 Å². The molecule has 0 bridgehead atoms. The molecule has 0 aliphatic heterocycles. The van der Waals surface area contributed by atoms with Crippen LogP contribution < -0.4 is 16.4 Å². The van der Waals surface area contributed by atoms with Crippen LogP contribution in [0.2, 0.25) is 1.41 Å². The third-order valence-corrected chi connectivity index (χ3v) is 7.37. The first-order chi connectivity index (χ1) is 21.7. The predicted molar refractivity (Wildman–Crippen MR) is 168 cm³/mol. The van der Waals surface area contributed by atoms with Crippen LogP contribution in [0.1, 0.15) is 43.5 Å². The molecule has 44 heavy (non-hydrogen) atoms. The Kier molecular flexibility index (Phi) is 11.1. The van der Waals surface area contributed by atoms with Gasteiger partial charge in [-0.1, -0.05) is 86.6 Å². The second kappa shape index (κ2) is 15.8. The highest BCUT2D eigenvalue weighted by atomic mass is 16.5. The van der Waals surface area contributed by atoms with Gasteiger partial charge in [0.05, 0.1) is 30.9 Å².